The number of nitrogens with two attached hydrogens (primary N) is 1. The van der Waals surface area contributed by atoms with E-state index >= 15 is 0 Å². The van der Waals surface area contributed by atoms with E-state index in [1.165, 1.54) is 0 Å². The van der Waals surface area contributed by atoms with E-state index in [0.29, 0.717) is 16.4 Å². The van der Waals surface area contributed by atoms with Gasteiger partial charge in [-0.1, -0.05) is 11.6 Å². The molecular weight excluding hydrogens is 464 g/mol. The molecule has 0 spiro atoms. The predicted molar refractivity (Wildman–Crippen MR) is 129 cm³/mol. The Morgan fingerprint density at radius 1 is 1.06 bits per heavy atom. The van der Waals surface area contributed by atoms with Crippen LogP contribution in [0.2, 0.25) is 5.02 Å². The number of ether oxygens (including phenoxy) is 2. The van der Waals surface area contributed by atoms with Crippen molar-refractivity contribution in [3.63, 3.8) is 0 Å². The molecule has 0 saturated heterocycles. The van der Waals surface area contributed by atoms with Gasteiger partial charge in [-0.05, 0) is 58.4 Å². The summed E-state index contributed by atoms with van der Waals surface area (Å²) in [5.41, 5.74) is 7.13. The van der Waals surface area contributed by atoms with E-state index in [9.17, 15) is 19.2 Å². The second-order valence-corrected chi connectivity index (χ2v) is 7.57. The maximum atomic E-state index is 12.7. The molecule has 186 valence electrons. The van der Waals surface area contributed by atoms with E-state index in [0.717, 1.165) is 0 Å². The summed E-state index contributed by atoms with van der Waals surface area (Å²) in [4.78, 5) is 53.2. The van der Waals surface area contributed by atoms with Gasteiger partial charge in [0.2, 0.25) is 5.91 Å². The molecule has 1 atom stereocenters. The highest BCUT2D eigenvalue weighted by molar-refractivity contribution is 6.30. The van der Waals surface area contributed by atoms with Crippen LogP contribution in [0, 0.1) is 0 Å². The average molecular weight is 495 g/mol. The molecule has 0 aromatic heterocycles. The van der Waals surface area contributed by atoms with Crippen LogP contribution in [-0.2, 0) is 28.7 Å². The molecule has 0 aliphatic carbocycles. The molecule has 1 aromatic rings. The number of esters is 2. The van der Waals surface area contributed by atoms with Crippen LogP contribution in [-0.4, -0.2) is 55.3 Å². The molecule has 34 heavy (non-hydrogen) atoms. The molecule has 0 fully saturated rings. The lowest BCUT2D eigenvalue weighted by atomic mass is 10.1. The summed E-state index contributed by atoms with van der Waals surface area (Å²) in [6, 6.07) is 5.64. The number of benzene rings is 1. The number of allylic oxidation sites excluding steroid dienone is 1. The van der Waals surface area contributed by atoms with Crippen molar-refractivity contribution in [2.24, 2.45) is 10.7 Å². The van der Waals surface area contributed by atoms with Gasteiger partial charge in [-0.3, -0.25) is 19.4 Å². The van der Waals surface area contributed by atoms with Crippen LogP contribution in [0.5, 0.6) is 0 Å². The first-order chi connectivity index (χ1) is 16.1. The number of nitrogens with one attached hydrogen (secondary N) is 2. The zero-order valence-corrected chi connectivity index (χ0v) is 20.5. The Bertz CT molecular complexity index is 939. The van der Waals surface area contributed by atoms with Crippen molar-refractivity contribution in [3.05, 3.63) is 40.6 Å². The molecule has 0 saturated carbocycles. The van der Waals surface area contributed by atoms with Crippen molar-refractivity contribution in [2.75, 3.05) is 19.8 Å². The molecule has 1 rings (SSSR count). The predicted octanol–water partition coefficient (Wildman–Crippen LogP) is 2.17. The molecule has 1 aromatic carbocycles. The van der Waals surface area contributed by atoms with Gasteiger partial charge in [0.25, 0.3) is 5.91 Å². The van der Waals surface area contributed by atoms with E-state index in [1.54, 1.807) is 52.0 Å². The third kappa shape index (κ3) is 10.0. The minimum atomic E-state index is -1.06. The third-order valence-corrected chi connectivity index (χ3v) is 4.62. The van der Waals surface area contributed by atoms with Gasteiger partial charge in [0, 0.05) is 17.1 Å². The number of hydrogen-bond acceptors (Lipinski definition) is 8. The number of aliphatic imine (C=N–C) groups is 1. The number of hydrogen-bond donors (Lipinski definition) is 3. The zero-order chi connectivity index (χ0) is 25.7. The largest absolute Gasteiger partial charge is 0.466 e. The van der Waals surface area contributed by atoms with Gasteiger partial charge in [0.1, 0.15) is 6.04 Å². The third-order valence-electron chi connectivity index (χ3n) is 4.36. The summed E-state index contributed by atoms with van der Waals surface area (Å²) in [7, 11) is 0. The standard InChI is InChI=1S/C23H31ClN4O6/c1-5-33-20(30)12-11-18(23(32)34-6-2)28-19(29)13-26-22(31)21(14(3)25)15(4)27-17-9-7-16(24)8-10-17/h7-10,18H,5-6,11-13,25H2,1-4H3,(H,26,31)(H,28,29)/b21-14+,27-15?. The minimum absolute atomic E-state index is 0.00271. The van der Waals surface area contributed by atoms with Gasteiger partial charge in [0.05, 0.1) is 36.7 Å². The van der Waals surface area contributed by atoms with Crippen LogP contribution in [0.3, 0.4) is 0 Å². The molecule has 10 nitrogen and oxygen atoms in total. The molecule has 0 radical (unpaired) electrons. The first-order valence-corrected chi connectivity index (χ1v) is 11.1. The normalized spacial score (nSPS) is 12.8. The fourth-order valence-corrected chi connectivity index (χ4v) is 3.00. The quantitative estimate of drug-likeness (QED) is 0.229. The minimum Gasteiger partial charge on any atom is -0.466 e. The highest BCUT2D eigenvalue weighted by atomic mass is 35.5. The number of carbonyl (C=O) groups excluding carboxylic acids is 4. The number of amides is 2. The molecule has 0 bridgehead atoms. The van der Waals surface area contributed by atoms with Crippen molar-refractivity contribution in [1.82, 2.24) is 10.6 Å². The number of rotatable bonds is 12. The fraction of sp³-hybridized carbons (Fsp3) is 0.435. The highest BCUT2D eigenvalue weighted by Crippen LogP contribution is 2.18. The number of halogens is 1. The van der Waals surface area contributed by atoms with Crippen molar-refractivity contribution in [3.8, 4) is 0 Å². The van der Waals surface area contributed by atoms with Gasteiger partial charge in [0.15, 0.2) is 0 Å². The van der Waals surface area contributed by atoms with E-state index in [4.69, 9.17) is 26.8 Å². The lowest BCUT2D eigenvalue weighted by molar-refractivity contribution is -0.148. The van der Waals surface area contributed by atoms with Gasteiger partial charge in [-0.15, -0.1) is 0 Å². The van der Waals surface area contributed by atoms with Crippen LogP contribution in [0.4, 0.5) is 5.69 Å². The first kappa shape index (κ1) is 28.6. The molecule has 1 unspecified atom stereocenters. The molecule has 0 heterocycles. The van der Waals surface area contributed by atoms with Crippen molar-refractivity contribution in [2.45, 2.75) is 46.6 Å². The van der Waals surface area contributed by atoms with Crippen molar-refractivity contribution in [1.29, 1.82) is 0 Å². The molecule has 2 amide bonds. The zero-order valence-electron chi connectivity index (χ0n) is 19.8. The van der Waals surface area contributed by atoms with Crippen molar-refractivity contribution >= 4 is 46.8 Å². The molecule has 4 N–H and O–H groups in total. The highest BCUT2D eigenvalue weighted by Gasteiger charge is 2.24. The summed E-state index contributed by atoms with van der Waals surface area (Å²) in [6.07, 6.45) is -0.0825. The fourth-order valence-electron chi connectivity index (χ4n) is 2.88. The van der Waals surface area contributed by atoms with Crippen LogP contribution in [0.15, 0.2) is 40.5 Å². The van der Waals surface area contributed by atoms with E-state index in [1.807, 2.05) is 0 Å². The van der Waals surface area contributed by atoms with Crippen LogP contribution < -0.4 is 16.4 Å². The summed E-state index contributed by atoms with van der Waals surface area (Å²) in [6.45, 7) is 6.33. The van der Waals surface area contributed by atoms with Crippen LogP contribution in [0.25, 0.3) is 0 Å². The summed E-state index contributed by atoms with van der Waals surface area (Å²) in [5.74, 6) is -2.43. The Labute approximate surface area is 203 Å². The average Bonchev–Trinajstić information content (AvgIpc) is 2.77. The van der Waals surface area contributed by atoms with E-state index in [2.05, 4.69) is 15.6 Å². The second kappa shape index (κ2) is 14.7. The van der Waals surface area contributed by atoms with Crippen molar-refractivity contribution < 1.29 is 28.7 Å². The topological polar surface area (TPSA) is 149 Å². The van der Waals surface area contributed by atoms with E-state index < -0.39 is 36.3 Å². The Hall–Kier alpha value is -3.40. The van der Waals surface area contributed by atoms with Gasteiger partial charge < -0.3 is 25.8 Å². The monoisotopic (exact) mass is 494 g/mol. The molecule has 0 aliphatic heterocycles. The first-order valence-electron chi connectivity index (χ1n) is 10.8. The SMILES string of the molecule is CCOC(=O)CCC(NC(=O)CNC(=O)/C(C(C)=Nc1ccc(Cl)cc1)=C(\C)N)C(=O)OCC. The number of nitrogens with zero attached hydrogens (tertiary/aromatic N) is 1. The molecule has 0 aliphatic rings. The van der Waals surface area contributed by atoms with Gasteiger partial charge in [-0.2, -0.15) is 0 Å². The Kier molecular flexibility index (Phi) is 12.4. The summed E-state index contributed by atoms with van der Waals surface area (Å²) in [5, 5.41) is 5.49. The molecule has 11 heteroatoms. The number of carbonyl (C=O) groups is 4. The summed E-state index contributed by atoms with van der Waals surface area (Å²) >= 11 is 5.87. The lowest BCUT2D eigenvalue weighted by Crippen LogP contribution is -2.47. The Morgan fingerprint density at radius 3 is 2.24 bits per heavy atom. The summed E-state index contributed by atoms with van der Waals surface area (Å²) < 4.78 is 9.79. The maximum absolute atomic E-state index is 12.7. The Balaban J connectivity index is 2.80. The molecular formula is C23H31ClN4O6. The van der Waals surface area contributed by atoms with Crippen LogP contribution in [0.1, 0.15) is 40.5 Å². The Morgan fingerprint density at radius 2 is 1.68 bits per heavy atom. The lowest BCUT2D eigenvalue weighted by Gasteiger charge is -2.17. The maximum Gasteiger partial charge on any atom is 0.328 e. The van der Waals surface area contributed by atoms with Gasteiger partial charge in [-0.25, -0.2) is 4.79 Å². The van der Waals surface area contributed by atoms with Crippen LogP contribution >= 0.6 is 11.6 Å². The van der Waals surface area contributed by atoms with E-state index in [-0.39, 0.29) is 37.3 Å². The smallest absolute Gasteiger partial charge is 0.328 e. The van der Waals surface area contributed by atoms with Gasteiger partial charge >= 0.3 is 11.9 Å². The second-order valence-electron chi connectivity index (χ2n) is 7.13.